The predicted molar refractivity (Wildman–Crippen MR) is 68.2 cm³/mol. The maximum absolute atomic E-state index is 10.0. The summed E-state index contributed by atoms with van der Waals surface area (Å²) in [4.78, 5) is 10.6. The average Bonchev–Trinajstić information content (AvgIpc) is 2.38. The van der Waals surface area contributed by atoms with Gasteiger partial charge in [0.25, 0.3) is 0 Å². The minimum absolute atomic E-state index is 0.158. The van der Waals surface area contributed by atoms with E-state index in [9.17, 15) is 5.11 Å². The van der Waals surface area contributed by atoms with Crippen molar-refractivity contribution in [3.05, 3.63) is 12.4 Å². The third kappa shape index (κ3) is 2.66. The van der Waals surface area contributed by atoms with Crippen molar-refractivity contribution >= 4 is 11.6 Å². The molecule has 0 bridgehead atoms. The normalized spacial score (nSPS) is 24.4. The van der Waals surface area contributed by atoms with Crippen molar-refractivity contribution in [1.29, 1.82) is 0 Å². The molecule has 0 amide bonds. The van der Waals surface area contributed by atoms with Crippen molar-refractivity contribution in [2.45, 2.75) is 37.8 Å². The summed E-state index contributed by atoms with van der Waals surface area (Å²) in [6.07, 6.45) is 7.36. The molecule has 5 heteroatoms. The number of aliphatic hydroxyl groups excluding tert-OH is 1. The molecule has 1 heterocycles. The number of hydrogen-bond acceptors (Lipinski definition) is 5. The second-order valence-electron chi connectivity index (χ2n) is 4.54. The number of likely N-dealkylation sites (N-methyl/N-ethyl adjacent to an activating group) is 1. The second-order valence-corrected chi connectivity index (χ2v) is 4.54. The fourth-order valence-corrected chi connectivity index (χ4v) is 2.36. The van der Waals surface area contributed by atoms with Gasteiger partial charge < -0.3 is 15.3 Å². The highest BCUT2D eigenvalue weighted by molar-refractivity contribution is 5.43. The summed E-state index contributed by atoms with van der Waals surface area (Å²) < 4.78 is 0. The Morgan fingerprint density at radius 3 is 2.82 bits per heavy atom. The summed E-state index contributed by atoms with van der Waals surface area (Å²) in [7, 11) is 3.80. The van der Waals surface area contributed by atoms with E-state index in [0.29, 0.717) is 0 Å². The summed E-state index contributed by atoms with van der Waals surface area (Å²) >= 11 is 0. The minimum Gasteiger partial charge on any atom is -0.391 e. The zero-order valence-electron chi connectivity index (χ0n) is 10.4. The highest BCUT2D eigenvalue weighted by Gasteiger charge is 2.27. The highest BCUT2D eigenvalue weighted by Crippen LogP contribution is 2.25. The molecule has 1 aliphatic carbocycles. The van der Waals surface area contributed by atoms with Gasteiger partial charge in [-0.1, -0.05) is 12.8 Å². The topological polar surface area (TPSA) is 61.3 Å². The van der Waals surface area contributed by atoms with Gasteiger partial charge in [0.05, 0.1) is 24.5 Å². The molecular weight excluding hydrogens is 216 g/mol. The maximum atomic E-state index is 10.0. The highest BCUT2D eigenvalue weighted by atomic mass is 16.3. The van der Waals surface area contributed by atoms with Gasteiger partial charge in [-0.2, -0.15) is 0 Å². The fourth-order valence-electron chi connectivity index (χ4n) is 2.36. The zero-order valence-corrected chi connectivity index (χ0v) is 10.4. The molecular formula is C12H20N4O. The van der Waals surface area contributed by atoms with Crippen molar-refractivity contribution in [3.8, 4) is 0 Å². The minimum atomic E-state index is -0.256. The first kappa shape index (κ1) is 12.1. The van der Waals surface area contributed by atoms with Gasteiger partial charge in [0.2, 0.25) is 0 Å². The summed E-state index contributed by atoms with van der Waals surface area (Å²) in [6, 6.07) is 0.158. The predicted octanol–water partition coefficient (Wildman–Crippen LogP) is 1.26. The Hall–Kier alpha value is -1.36. The third-order valence-corrected chi connectivity index (χ3v) is 3.43. The Morgan fingerprint density at radius 2 is 2.12 bits per heavy atom. The molecule has 2 rings (SSSR count). The van der Waals surface area contributed by atoms with Gasteiger partial charge in [0, 0.05) is 14.1 Å². The van der Waals surface area contributed by atoms with E-state index in [4.69, 9.17) is 0 Å². The van der Waals surface area contributed by atoms with E-state index in [1.54, 1.807) is 12.4 Å². The maximum Gasteiger partial charge on any atom is 0.149 e. The second kappa shape index (κ2) is 5.31. The molecule has 0 radical (unpaired) electrons. The SMILES string of the molecule is CNc1cncc(N(C)C2CCCCC2O)n1. The monoisotopic (exact) mass is 236 g/mol. The van der Waals surface area contributed by atoms with E-state index in [1.165, 1.54) is 6.42 Å². The quantitative estimate of drug-likeness (QED) is 0.827. The first-order valence-electron chi connectivity index (χ1n) is 6.13. The largest absolute Gasteiger partial charge is 0.391 e. The standard InChI is InChI=1S/C12H20N4O/c1-13-11-7-14-8-12(15-11)16(2)9-5-3-4-6-10(9)17/h7-10,17H,3-6H2,1-2H3,(H,13,15). The number of aliphatic hydroxyl groups is 1. The molecule has 0 aromatic carbocycles. The van der Waals surface area contributed by atoms with Crippen LogP contribution >= 0.6 is 0 Å². The number of nitrogens with zero attached hydrogens (tertiary/aromatic N) is 3. The van der Waals surface area contributed by atoms with Crippen LogP contribution in [-0.2, 0) is 0 Å². The van der Waals surface area contributed by atoms with E-state index in [0.717, 1.165) is 30.9 Å². The Kier molecular flexibility index (Phi) is 3.78. The molecule has 2 N–H and O–H groups in total. The Balaban J connectivity index is 2.14. The summed E-state index contributed by atoms with van der Waals surface area (Å²) in [5.41, 5.74) is 0. The lowest BCUT2D eigenvalue weighted by atomic mass is 9.92. The van der Waals surface area contributed by atoms with Crippen LogP contribution < -0.4 is 10.2 Å². The van der Waals surface area contributed by atoms with Gasteiger partial charge >= 0.3 is 0 Å². The molecule has 1 aliphatic rings. The Bertz CT molecular complexity index is 371. The van der Waals surface area contributed by atoms with Crippen LogP contribution in [0.2, 0.25) is 0 Å². The summed E-state index contributed by atoms with van der Waals surface area (Å²) in [5.74, 6) is 1.56. The molecule has 2 unspecified atom stereocenters. The lowest BCUT2D eigenvalue weighted by Gasteiger charge is -2.35. The average molecular weight is 236 g/mol. The number of aromatic nitrogens is 2. The van der Waals surface area contributed by atoms with Gasteiger partial charge in [-0.05, 0) is 12.8 Å². The molecule has 1 fully saturated rings. The first-order valence-corrected chi connectivity index (χ1v) is 6.13. The number of nitrogens with one attached hydrogen (secondary N) is 1. The van der Waals surface area contributed by atoms with Crippen molar-refractivity contribution in [2.24, 2.45) is 0 Å². The zero-order chi connectivity index (χ0) is 12.3. The number of hydrogen-bond donors (Lipinski definition) is 2. The van der Waals surface area contributed by atoms with Gasteiger partial charge in [-0.25, -0.2) is 4.98 Å². The van der Waals surface area contributed by atoms with Crippen LogP contribution in [0.25, 0.3) is 0 Å². The Labute approximate surface area is 102 Å². The van der Waals surface area contributed by atoms with Crippen molar-refractivity contribution in [1.82, 2.24) is 9.97 Å². The van der Waals surface area contributed by atoms with Crippen molar-refractivity contribution < 1.29 is 5.11 Å². The fraction of sp³-hybridized carbons (Fsp3) is 0.667. The lowest BCUT2D eigenvalue weighted by Crippen LogP contribution is -2.43. The van der Waals surface area contributed by atoms with Gasteiger partial charge in [0.1, 0.15) is 11.6 Å². The van der Waals surface area contributed by atoms with Gasteiger partial charge in [-0.3, -0.25) is 4.98 Å². The number of anilines is 2. The molecule has 94 valence electrons. The van der Waals surface area contributed by atoms with E-state index >= 15 is 0 Å². The first-order chi connectivity index (χ1) is 8.22. The van der Waals surface area contributed by atoms with Crippen LogP contribution in [0, 0.1) is 0 Å². The van der Waals surface area contributed by atoms with Crippen LogP contribution in [0.15, 0.2) is 12.4 Å². The van der Waals surface area contributed by atoms with Gasteiger partial charge in [0.15, 0.2) is 0 Å². The molecule has 1 aromatic rings. The molecule has 5 nitrogen and oxygen atoms in total. The molecule has 1 saturated carbocycles. The smallest absolute Gasteiger partial charge is 0.149 e. The molecule has 1 aromatic heterocycles. The molecule has 17 heavy (non-hydrogen) atoms. The third-order valence-electron chi connectivity index (χ3n) is 3.43. The van der Waals surface area contributed by atoms with Crippen LogP contribution in [0.4, 0.5) is 11.6 Å². The Morgan fingerprint density at radius 1 is 1.35 bits per heavy atom. The van der Waals surface area contributed by atoms with E-state index in [-0.39, 0.29) is 12.1 Å². The van der Waals surface area contributed by atoms with Crippen LogP contribution in [0.5, 0.6) is 0 Å². The van der Waals surface area contributed by atoms with Crippen molar-refractivity contribution in [3.63, 3.8) is 0 Å². The lowest BCUT2D eigenvalue weighted by molar-refractivity contribution is 0.106. The van der Waals surface area contributed by atoms with Crippen LogP contribution in [-0.4, -0.2) is 41.3 Å². The number of rotatable bonds is 3. The molecule has 0 spiro atoms. The van der Waals surface area contributed by atoms with E-state index < -0.39 is 0 Å². The molecule has 0 aliphatic heterocycles. The van der Waals surface area contributed by atoms with Gasteiger partial charge in [-0.15, -0.1) is 0 Å². The van der Waals surface area contributed by atoms with Crippen molar-refractivity contribution in [2.75, 3.05) is 24.3 Å². The van der Waals surface area contributed by atoms with E-state index in [1.807, 2.05) is 19.0 Å². The molecule has 0 saturated heterocycles. The van der Waals surface area contributed by atoms with E-state index in [2.05, 4.69) is 15.3 Å². The summed E-state index contributed by atoms with van der Waals surface area (Å²) in [6.45, 7) is 0. The van der Waals surface area contributed by atoms with Crippen LogP contribution in [0.3, 0.4) is 0 Å². The molecule has 2 atom stereocenters. The van der Waals surface area contributed by atoms with Crippen LogP contribution in [0.1, 0.15) is 25.7 Å². The summed E-state index contributed by atoms with van der Waals surface area (Å²) in [5, 5.41) is 13.0.